The number of ether oxygens (including phenoxy) is 6. The molecule has 4 rings (SSSR count). The fraction of sp³-hybridized carbons (Fsp3) is 0.462. The summed E-state index contributed by atoms with van der Waals surface area (Å²) >= 11 is 0. The standard InChI is InChI=1S/C26H32O9/c1-15-11-22-26(34-22)35-25(15)33-19-9-7-17(13-21(19)31-3)24(29)23(14-28)32-18-8-6-16(5-4-10-27)12-20(18)30-2/h6-9,11-13,15,23-29H,4-5,10,14H2,1-3H3. The minimum absolute atomic E-state index is 0.00380. The highest BCUT2D eigenvalue weighted by Crippen LogP contribution is 2.40. The van der Waals surface area contributed by atoms with E-state index in [-0.39, 0.29) is 18.8 Å². The molecule has 5 unspecified atom stereocenters. The maximum Gasteiger partial charge on any atom is 0.261 e. The lowest BCUT2D eigenvalue weighted by Crippen LogP contribution is -2.31. The van der Waals surface area contributed by atoms with Crippen molar-refractivity contribution >= 4 is 0 Å². The number of fused-ring (bicyclic) bond motifs is 1. The van der Waals surface area contributed by atoms with Crippen molar-refractivity contribution in [2.24, 2.45) is 5.92 Å². The van der Waals surface area contributed by atoms with Gasteiger partial charge < -0.3 is 39.0 Å². The molecule has 0 bridgehead atoms. The molecule has 5 atom stereocenters. The third-order valence-electron chi connectivity index (χ3n) is 5.97. The molecule has 35 heavy (non-hydrogen) atoms. The second-order valence-corrected chi connectivity index (χ2v) is 8.51. The summed E-state index contributed by atoms with van der Waals surface area (Å²) in [6.07, 6.45) is 0.325. The molecule has 2 heterocycles. The average molecular weight is 489 g/mol. The minimum Gasteiger partial charge on any atom is -0.493 e. The molecule has 3 N–H and O–H groups in total. The van der Waals surface area contributed by atoms with Crippen molar-refractivity contribution < 1.29 is 43.7 Å². The van der Waals surface area contributed by atoms with Gasteiger partial charge in [-0.2, -0.15) is 0 Å². The van der Waals surface area contributed by atoms with Gasteiger partial charge in [0.15, 0.2) is 34.9 Å². The second-order valence-electron chi connectivity index (χ2n) is 8.51. The second kappa shape index (κ2) is 11.2. The van der Waals surface area contributed by atoms with Crippen LogP contribution in [0.2, 0.25) is 0 Å². The van der Waals surface area contributed by atoms with Crippen molar-refractivity contribution in [3.05, 3.63) is 59.4 Å². The first-order chi connectivity index (χ1) is 17.0. The Morgan fingerprint density at radius 1 is 0.971 bits per heavy atom. The number of hydrogen-bond donors (Lipinski definition) is 3. The predicted octanol–water partition coefficient (Wildman–Crippen LogP) is 2.71. The van der Waals surface area contributed by atoms with Gasteiger partial charge in [0.2, 0.25) is 6.29 Å². The Morgan fingerprint density at radius 2 is 1.71 bits per heavy atom. The zero-order chi connectivity index (χ0) is 24.9. The molecule has 0 aromatic heterocycles. The summed E-state index contributed by atoms with van der Waals surface area (Å²) in [5, 5.41) is 30.0. The highest BCUT2D eigenvalue weighted by molar-refractivity contribution is 5.45. The fourth-order valence-corrected chi connectivity index (χ4v) is 3.94. The Hall–Kier alpha value is -2.98. The Kier molecular flexibility index (Phi) is 8.02. The number of aliphatic hydroxyl groups is 3. The summed E-state index contributed by atoms with van der Waals surface area (Å²) in [5.74, 6) is 2.56. The van der Waals surface area contributed by atoms with E-state index >= 15 is 0 Å². The molecule has 0 spiro atoms. The molecule has 190 valence electrons. The van der Waals surface area contributed by atoms with Crippen LogP contribution in [0.3, 0.4) is 0 Å². The third kappa shape index (κ3) is 5.82. The van der Waals surface area contributed by atoms with Crippen molar-refractivity contribution in [3.8, 4) is 23.0 Å². The minimum atomic E-state index is -1.16. The van der Waals surface area contributed by atoms with Crippen molar-refractivity contribution in [2.75, 3.05) is 27.4 Å². The molecule has 2 aliphatic heterocycles. The number of hydrogen-bond acceptors (Lipinski definition) is 9. The Labute approximate surface area is 204 Å². The van der Waals surface area contributed by atoms with Crippen LogP contribution in [0.15, 0.2) is 48.2 Å². The van der Waals surface area contributed by atoms with Crippen LogP contribution in [0.25, 0.3) is 0 Å². The average Bonchev–Trinajstić information content (AvgIpc) is 3.64. The van der Waals surface area contributed by atoms with Gasteiger partial charge in [0.1, 0.15) is 6.10 Å². The lowest BCUT2D eigenvalue weighted by Gasteiger charge is -2.26. The monoisotopic (exact) mass is 488 g/mol. The lowest BCUT2D eigenvalue weighted by molar-refractivity contribution is -0.136. The molecule has 2 aromatic rings. The molecular formula is C26H32O9. The maximum atomic E-state index is 11.0. The maximum absolute atomic E-state index is 11.0. The molecule has 9 nitrogen and oxygen atoms in total. The predicted molar refractivity (Wildman–Crippen MR) is 125 cm³/mol. The first-order valence-electron chi connectivity index (χ1n) is 11.6. The Bertz CT molecular complexity index is 1040. The largest absolute Gasteiger partial charge is 0.493 e. The van der Waals surface area contributed by atoms with E-state index < -0.39 is 25.1 Å². The van der Waals surface area contributed by atoms with E-state index in [1.54, 1.807) is 24.3 Å². The van der Waals surface area contributed by atoms with Crippen LogP contribution in [0.4, 0.5) is 0 Å². The van der Waals surface area contributed by atoms with E-state index in [0.717, 1.165) is 11.3 Å². The number of rotatable bonds is 12. The number of aryl methyl sites for hydroxylation is 1. The molecule has 9 heteroatoms. The summed E-state index contributed by atoms with van der Waals surface area (Å²) in [6.45, 7) is 1.64. The molecule has 0 amide bonds. The first kappa shape index (κ1) is 25.1. The van der Waals surface area contributed by atoms with Gasteiger partial charge in [-0.25, -0.2) is 0 Å². The van der Waals surface area contributed by atoms with Crippen LogP contribution in [0.5, 0.6) is 23.0 Å². The highest BCUT2D eigenvalue weighted by Gasteiger charge is 2.43. The molecule has 0 radical (unpaired) electrons. The van der Waals surface area contributed by atoms with Crippen LogP contribution in [0.1, 0.15) is 30.6 Å². The zero-order valence-electron chi connectivity index (χ0n) is 20.0. The van der Waals surface area contributed by atoms with Gasteiger partial charge in [0, 0.05) is 12.5 Å². The van der Waals surface area contributed by atoms with Gasteiger partial charge in [0.25, 0.3) is 6.29 Å². The summed E-state index contributed by atoms with van der Waals surface area (Å²) < 4.78 is 33.9. The molecule has 2 aromatic carbocycles. The molecule has 2 aliphatic rings. The van der Waals surface area contributed by atoms with Crippen molar-refractivity contribution in [3.63, 3.8) is 0 Å². The SMILES string of the molecule is COc1cc(CCCO)ccc1OC(CO)C(O)c1ccc(OC2OC3OC3=CC2C)c(OC)c1. The van der Waals surface area contributed by atoms with Crippen molar-refractivity contribution in [2.45, 2.75) is 44.6 Å². The van der Waals surface area contributed by atoms with Crippen LogP contribution in [-0.2, 0) is 15.9 Å². The number of epoxide rings is 1. The van der Waals surface area contributed by atoms with Gasteiger partial charge in [-0.05, 0) is 54.3 Å². The van der Waals surface area contributed by atoms with Gasteiger partial charge in [-0.15, -0.1) is 0 Å². The summed E-state index contributed by atoms with van der Waals surface area (Å²) in [4.78, 5) is 0. The lowest BCUT2D eigenvalue weighted by atomic mass is 10.0. The molecule has 0 aliphatic carbocycles. The highest BCUT2D eigenvalue weighted by atomic mass is 16.8. The van der Waals surface area contributed by atoms with E-state index in [1.165, 1.54) is 14.2 Å². The normalized spacial score (nSPS) is 22.2. The number of methoxy groups -OCH3 is 2. The number of benzene rings is 2. The van der Waals surface area contributed by atoms with Gasteiger partial charge in [0.05, 0.1) is 20.8 Å². The van der Waals surface area contributed by atoms with Gasteiger partial charge in [-0.1, -0.05) is 19.1 Å². The van der Waals surface area contributed by atoms with Crippen LogP contribution < -0.4 is 18.9 Å². The summed E-state index contributed by atoms with van der Waals surface area (Å²) in [5.41, 5.74) is 1.47. The smallest absolute Gasteiger partial charge is 0.261 e. The van der Waals surface area contributed by atoms with Crippen molar-refractivity contribution in [1.82, 2.24) is 0 Å². The molecule has 1 saturated heterocycles. The topological polar surface area (TPSA) is 119 Å². The third-order valence-corrected chi connectivity index (χ3v) is 5.97. The fourth-order valence-electron chi connectivity index (χ4n) is 3.94. The number of aliphatic hydroxyl groups excluding tert-OH is 3. The molecule has 0 saturated carbocycles. The first-order valence-corrected chi connectivity index (χ1v) is 11.6. The van der Waals surface area contributed by atoms with Crippen LogP contribution in [0, 0.1) is 5.92 Å². The van der Waals surface area contributed by atoms with Crippen LogP contribution in [-0.4, -0.2) is 61.4 Å². The van der Waals surface area contributed by atoms with E-state index in [2.05, 4.69) is 0 Å². The quantitative estimate of drug-likeness (QED) is 0.388. The molecular weight excluding hydrogens is 456 g/mol. The van der Waals surface area contributed by atoms with Gasteiger partial charge in [-0.3, -0.25) is 4.74 Å². The van der Waals surface area contributed by atoms with E-state index in [9.17, 15) is 10.2 Å². The Balaban J connectivity index is 1.47. The summed E-state index contributed by atoms with van der Waals surface area (Å²) in [7, 11) is 3.03. The van der Waals surface area contributed by atoms with E-state index in [4.69, 9.17) is 33.5 Å². The van der Waals surface area contributed by atoms with E-state index in [0.29, 0.717) is 41.4 Å². The van der Waals surface area contributed by atoms with E-state index in [1.807, 2.05) is 25.1 Å². The zero-order valence-corrected chi connectivity index (χ0v) is 20.0. The van der Waals surface area contributed by atoms with Crippen molar-refractivity contribution in [1.29, 1.82) is 0 Å². The van der Waals surface area contributed by atoms with Crippen LogP contribution >= 0.6 is 0 Å². The molecule has 1 fully saturated rings. The van der Waals surface area contributed by atoms with Gasteiger partial charge >= 0.3 is 0 Å². The summed E-state index contributed by atoms with van der Waals surface area (Å²) in [6, 6.07) is 10.4. The Morgan fingerprint density at radius 3 is 2.43 bits per heavy atom.